The molecular formula is C6H13F2N3O. The third-order valence-corrected chi connectivity index (χ3v) is 1.21. The van der Waals surface area contributed by atoms with Crippen LogP contribution in [-0.4, -0.2) is 30.6 Å². The van der Waals surface area contributed by atoms with Crippen LogP contribution in [0, 0.1) is 0 Å². The fourth-order valence-corrected chi connectivity index (χ4v) is 0.656. The van der Waals surface area contributed by atoms with Crippen molar-refractivity contribution in [1.29, 1.82) is 0 Å². The van der Waals surface area contributed by atoms with Crippen LogP contribution in [0.2, 0.25) is 0 Å². The summed E-state index contributed by atoms with van der Waals surface area (Å²) in [6.45, 7) is 0.136. The number of nitrogens with zero attached hydrogens (tertiary/aromatic N) is 1. The summed E-state index contributed by atoms with van der Waals surface area (Å²) in [5.74, 6) is 0.119. The van der Waals surface area contributed by atoms with Crippen LogP contribution in [0.25, 0.3) is 0 Å². The first kappa shape index (κ1) is 11.1. The lowest BCUT2D eigenvalue weighted by molar-refractivity contribution is 0.146. The minimum atomic E-state index is -2.33. The molecule has 4 N–H and O–H groups in total. The van der Waals surface area contributed by atoms with E-state index in [9.17, 15) is 8.78 Å². The molecule has 0 aliphatic carbocycles. The zero-order valence-corrected chi connectivity index (χ0v) is 6.63. The second kappa shape index (κ2) is 6.78. The molecule has 0 aromatic heterocycles. The SMILES string of the molecule is NC(CCCNCC(F)F)=NO. The molecule has 0 aliphatic heterocycles. The van der Waals surface area contributed by atoms with Gasteiger partial charge in [0.25, 0.3) is 6.43 Å². The van der Waals surface area contributed by atoms with Gasteiger partial charge in [0.2, 0.25) is 0 Å². The largest absolute Gasteiger partial charge is 0.409 e. The second-order valence-electron chi connectivity index (χ2n) is 2.29. The number of nitrogens with two attached hydrogens (primary N) is 1. The molecule has 0 aromatic carbocycles. The van der Waals surface area contributed by atoms with Gasteiger partial charge in [-0.1, -0.05) is 5.16 Å². The number of nitrogens with one attached hydrogen (secondary N) is 1. The summed E-state index contributed by atoms with van der Waals surface area (Å²) in [5, 5.41) is 13.4. The van der Waals surface area contributed by atoms with Gasteiger partial charge in [-0.05, 0) is 13.0 Å². The minimum Gasteiger partial charge on any atom is -0.409 e. The molecule has 4 nitrogen and oxygen atoms in total. The lowest BCUT2D eigenvalue weighted by Gasteiger charge is -2.02. The molecule has 0 rings (SSSR count). The van der Waals surface area contributed by atoms with E-state index in [1.807, 2.05) is 0 Å². The number of amidine groups is 1. The predicted molar refractivity (Wildman–Crippen MR) is 41.5 cm³/mol. The molecular weight excluding hydrogens is 168 g/mol. The van der Waals surface area contributed by atoms with Crippen molar-refractivity contribution >= 4 is 5.84 Å². The van der Waals surface area contributed by atoms with Crippen LogP contribution in [0.1, 0.15) is 12.8 Å². The zero-order chi connectivity index (χ0) is 9.40. The Morgan fingerprint density at radius 1 is 1.58 bits per heavy atom. The summed E-state index contributed by atoms with van der Waals surface area (Å²) in [6.07, 6.45) is -1.33. The highest BCUT2D eigenvalue weighted by molar-refractivity contribution is 5.79. The summed E-state index contributed by atoms with van der Waals surface area (Å²) in [7, 11) is 0. The van der Waals surface area contributed by atoms with Crippen LogP contribution in [0.3, 0.4) is 0 Å². The molecule has 6 heteroatoms. The summed E-state index contributed by atoms with van der Waals surface area (Å²) in [4.78, 5) is 0. The van der Waals surface area contributed by atoms with Gasteiger partial charge in [0.15, 0.2) is 0 Å². The number of oxime groups is 1. The van der Waals surface area contributed by atoms with Crippen molar-refractivity contribution in [3.8, 4) is 0 Å². The highest BCUT2D eigenvalue weighted by atomic mass is 19.3. The van der Waals surface area contributed by atoms with E-state index in [4.69, 9.17) is 10.9 Å². The molecule has 0 fully saturated rings. The lowest BCUT2D eigenvalue weighted by Crippen LogP contribution is -2.23. The smallest absolute Gasteiger partial charge is 0.250 e. The minimum absolute atomic E-state index is 0.119. The Bertz CT molecular complexity index is 141. The number of rotatable bonds is 6. The highest BCUT2D eigenvalue weighted by Gasteiger charge is 1.99. The van der Waals surface area contributed by atoms with Gasteiger partial charge in [-0.25, -0.2) is 8.78 Å². The molecule has 0 heterocycles. The summed E-state index contributed by atoms with van der Waals surface area (Å²) >= 11 is 0. The molecule has 0 bridgehead atoms. The summed E-state index contributed by atoms with van der Waals surface area (Å²) in [5.41, 5.74) is 5.14. The first-order valence-electron chi connectivity index (χ1n) is 3.62. The Morgan fingerprint density at radius 2 is 2.25 bits per heavy atom. The number of halogens is 2. The van der Waals surface area contributed by atoms with E-state index in [1.54, 1.807) is 0 Å². The van der Waals surface area contributed by atoms with E-state index in [-0.39, 0.29) is 12.4 Å². The van der Waals surface area contributed by atoms with Gasteiger partial charge in [0.05, 0.1) is 6.54 Å². The first-order valence-corrected chi connectivity index (χ1v) is 3.62. The molecule has 0 spiro atoms. The summed E-state index contributed by atoms with van der Waals surface area (Å²) < 4.78 is 23.1. The van der Waals surface area contributed by atoms with E-state index in [2.05, 4.69) is 10.5 Å². The highest BCUT2D eigenvalue weighted by Crippen LogP contribution is 1.90. The number of alkyl halides is 2. The monoisotopic (exact) mass is 181 g/mol. The molecule has 0 aliphatic rings. The number of hydrogen-bond donors (Lipinski definition) is 3. The van der Waals surface area contributed by atoms with Crippen LogP contribution in [0.5, 0.6) is 0 Å². The molecule has 0 amide bonds. The lowest BCUT2D eigenvalue weighted by atomic mass is 10.3. The zero-order valence-electron chi connectivity index (χ0n) is 6.63. The quantitative estimate of drug-likeness (QED) is 0.182. The van der Waals surface area contributed by atoms with Crippen molar-refractivity contribution in [3.05, 3.63) is 0 Å². The van der Waals surface area contributed by atoms with Crippen molar-refractivity contribution in [3.63, 3.8) is 0 Å². The van der Waals surface area contributed by atoms with E-state index >= 15 is 0 Å². The van der Waals surface area contributed by atoms with E-state index in [1.165, 1.54) is 0 Å². The third kappa shape index (κ3) is 7.20. The topological polar surface area (TPSA) is 70.6 Å². The molecule has 0 unspecified atom stereocenters. The van der Waals surface area contributed by atoms with Gasteiger partial charge in [-0.15, -0.1) is 0 Å². The molecule has 0 saturated heterocycles. The van der Waals surface area contributed by atoms with Crippen molar-refractivity contribution in [1.82, 2.24) is 5.32 Å². The van der Waals surface area contributed by atoms with Crippen LogP contribution < -0.4 is 11.1 Å². The Labute approximate surface area is 69.4 Å². The Morgan fingerprint density at radius 3 is 2.75 bits per heavy atom. The van der Waals surface area contributed by atoms with E-state index in [0.29, 0.717) is 19.4 Å². The molecule has 72 valence electrons. The van der Waals surface area contributed by atoms with Crippen molar-refractivity contribution in [2.45, 2.75) is 19.3 Å². The molecule has 0 radical (unpaired) electrons. The maximum Gasteiger partial charge on any atom is 0.250 e. The van der Waals surface area contributed by atoms with Gasteiger partial charge < -0.3 is 16.3 Å². The summed E-state index contributed by atoms with van der Waals surface area (Å²) in [6, 6.07) is 0. The predicted octanol–water partition coefficient (Wildman–Crippen LogP) is 0.368. The van der Waals surface area contributed by atoms with Gasteiger partial charge in [-0.3, -0.25) is 0 Å². The van der Waals surface area contributed by atoms with Crippen LogP contribution in [0.15, 0.2) is 5.16 Å². The fourth-order valence-electron chi connectivity index (χ4n) is 0.656. The third-order valence-electron chi connectivity index (χ3n) is 1.21. The van der Waals surface area contributed by atoms with Crippen molar-refractivity contribution in [2.24, 2.45) is 10.9 Å². The Balaban J connectivity index is 3.11. The van der Waals surface area contributed by atoms with Crippen LogP contribution in [0.4, 0.5) is 8.78 Å². The van der Waals surface area contributed by atoms with E-state index in [0.717, 1.165) is 0 Å². The van der Waals surface area contributed by atoms with Crippen LogP contribution in [-0.2, 0) is 0 Å². The number of hydrogen-bond acceptors (Lipinski definition) is 3. The van der Waals surface area contributed by atoms with Crippen molar-refractivity contribution in [2.75, 3.05) is 13.1 Å². The molecule has 12 heavy (non-hydrogen) atoms. The van der Waals surface area contributed by atoms with Crippen molar-refractivity contribution < 1.29 is 14.0 Å². The van der Waals surface area contributed by atoms with Gasteiger partial charge in [0.1, 0.15) is 5.84 Å². The Hall–Kier alpha value is -0.910. The normalized spacial score (nSPS) is 12.4. The second-order valence-corrected chi connectivity index (χ2v) is 2.29. The maximum atomic E-state index is 11.5. The maximum absolute atomic E-state index is 11.5. The van der Waals surface area contributed by atoms with Gasteiger partial charge in [0, 0.05) is 6.42 Å². The van der Waals surface area contributed by atoms with E-state index < -0.39 is 6.43 Å². The average molecular weight is 181 g/mol. The average Bonchev–Trinajstić information content (AvgIpc) is 2.03. The van der Waals surface area contributed by atoms with Gasteiger partial charge >= 0.3 is 0 Å². The van der Waals surface area contributed by atoms with Gasteiger partial charge in [-0.2, -0.15) is 0 Å². The Kier molecular flexibility index (Phi) is 6.26. The standard InChI is InChI=1S/C6H13F2N3O/c7-5(8)4-10-3-1-2-6(9)11-12/h5,10,12H,1-4H2,(H2,9,11). The molecule has 0 aromatic rings. The fraction of sp³-hybridized carbons (Fsp3) is 0.833. The molecule has 0 saturated carbocycles. The molecule has 0 atom stereocenters. The van der Waals surface area contributed by atoms with Crippen LogP contribution >= 0.6 is 0 Å². The first-order chi connectivity index (χ1) is 5.66.